The predicted octanol–water partition coefficient (Wildman–Crippen LogP) is 13.4. The molecule has 10 aromatic rings. The van der Waals surface area contributed by atoms with Gasteiger partial charge in [0.15, 0.2) is 0 Å². The van der Waals surface area contributed by atoms with Crippen LogP contribution in [0.25, 0.3) is 69.6 Å². The first-order valence-corrected chi connectivity index (χ1v) is 17.5. The first kappa shape index (κ1) is 27.9. The summed E-state index contributed by atoms with van der Waals surface area (Å²) >= 11 is 1.89. The maximum absolute atomic E-state index is 2.44. The third-order valence-electron chi connectivity index (χ3n) is 9.77. The summed E-state index contributed by atoms with van der Waals surface area (Å²) in [5.74, 6) is 0. The molecular formula is C46H30N2S. The highest BCUT2D eigenvalue weighted by Gasteiger charge is 2.22. The van der Waals surface area contributed by atoms with Gasteiger partial charge in [-0.25, -0.2) is 0 Å². The normalized spacial score (nSPS) is 11.7. The average molecular weight is 643 g/mol. The van der Waals surface area contributed by atoms with Crippen LogP contribution < -0.4 is 4.90 Å². The molecular weight excluding hydrogens is 613 g/mol. The minimum absolute atomic E-state index is 1.11. The van der Waals surface area contributed by atoms with Gasteiger partial charge in [0.1, 0.15) is 0 Å². The summed E-state index contributed by atoms with van der Waals surface area (Å²) in [5.41, 5.74) is 9.32. The Kier molecular flexibility index (Phi) is 6.39. The zero-order valence-electron chi connectivity index (χ0n) is 26.6. The molecule has 2 nitrogen and oxygen atoms in total. The number of hydrogen-bond donors (Lipinski definition) is 0. The van der Waals surface area contributed by atoms with Gasteiger partial charge >= 0.3 is 0 Å². The van der Waals surface area contributed by atoms with Crippen molar-refractivity contribution in [3.63, 3.8) is 0 Å². The van der Waals surface area contributed by atoms with E-state index in [2.05, 4.69) is 191 Å². The maximum Gasteiger partial charge on any atom is 0.0782 e. The third kappa shape index (κ3) is 4.47. The van der Waals surface area contributed by atoms with E-state index < -0.39 is 0 Å². The van der Waals surface area contributed by atoms with E-state index in [4.69, 9.17) is 0 Å². The minimum atomic E-state index is 1.11. The summed E-state index contributed by atoms with van der Waals surface area (Å²) in [4.78, 5) is 2.44. The van der Waals surface area contributed by atoms with Crippen molar-refractivity contribution in [3.8, 4) is 16.8 Å². The Morgan fingerprint density at radius 1 is 0.429 bits per heavy atom. The van der Waals surface area contributed by atoms with E-state index in [9.17, 15) is 0 Å². The Hall–Kier alpha value is -6.16. The number of thiophene rings is 1. The second kappa shape index (κ2) is 11.2. The molecule has 0 aliphatic carbocycles. The van der Waals surface area contributed by atoms with E-state index >= 15 is 0 Å². The fourth-order valence-corrected chi connectivity index (χ4v) is 8.79. The molecule has 0 bridgehead atoms. The summed E-state index contributed by atoms with van der Waals surface area (Å²) in [7, 11) is 0. The molecule has 3 heteroatoms. The number of hydrogen-bond acceptors (Lipinski definition) is 2. The Morgan fingerprint density at radius 3 is 1.92 bits per heavy atom. The number of anilines is 3. The summed E-state index contributed by atoms with van der Waals surface area (Å²) < 4.78 is 5.05. The van der Waals surface area contributed by atoms with Crippen LogP contribution in [0.15, 0.2) is 182 Å². The summed E-state index contributed by atoms with van der Waals surface area (Å²) in [5, 5.41) is 7.68. The smallest absolute Gasteiger partial charge is 0.0782 e. The number of nitrogens with zero attached hydrogens (tertiary/aromatic N) is 2. The van der Waals surface area contributed by atoms with E-state index in [1.165, 1.54) is 63.9 Å². The van der Waals surface area contributed by atoms with Gasteiger partial charge in [0.05, 0.1) is 16.7 Å². The van der Waals surface area contributed by atoms with E-state index in [0.29, 0.717) is 0 Å². The lowest BCUT2D eigenvalue weighted by Gasteiger charge is -2.27. The molecule has 0 atom stereocenters. The summed E-state index contributed by atoms with van der Waals surface area (Å²) in [6, 6.07) is 66.1. The quantitative estimate of drug-likeness (QED) is 0.181. The molecule has 0 aliphatic heterocycles. The standard InChI is InChI=1S/C46H30N2S/c1-3-12-31(13-4-1)32-22-25-35(26-23-32)47(36-27-29-39-41-28-24-33-14-7-8-17-37(33)46(41)49-44(39)30-36)43-21-11-19-40-38-18-9-10-20-42(38)48(45(40)43)34-15-5-2-6-16-34/h1-30H. The zero-order chi connectivity index (χ0) is 32.3. The van der Waals surface area contributed by atoms with E-state index in [-0.39, 0.29) is 0 Å². The van der Waals surface area contributed by atoms with Crippen LogP contribution >= 0.6 is 11.3 Å². The molecule has 8 aromatic carbocycles. The van der Waals surface area contributed by atoms with Gasteiger partial charge < -0.3 is 9.47 Å². The van der Waals surface area contributed by atoms with Crippen molar-refractivity contribution in [2.45, 2.75) is 0 Å². The van der Waals surface area contributed by atoms with Crippen molar-refractivity contribution in [1.29, 1.82) is 0 Å². The molecule has 0 amide bonds. The molecule has 230 valence electrons. The summed E-state index contributed by atoms with van der Waals surface area (Å²) in [6.45, 7) is 0. The van der Waals surface area contributed by atoms with E-state index in [0.717, 1.165) is 22.7 Å². The average Bonchev–Trinajstić information content (AvgIpc) is 3.72. The van der Waals surface area contributed by atoms with Crippen molar-refractivity contribution >= 4 is 81.1 Å². The van der Waals surface area contributed by atoms with Crippen molar-refractivity contribution < 1.29 is 0 Å². The number of fused-ring (bicyclic) bond motifs is 8. The number of rotatable bonds is 5. The van der Waals surface area contributed by atoms with E-state index in [1.54, 1.807) is 0 Å². The van der Waals surface area contributed by atoms with Crippen molar-refractivity contribution in [3.05, 3.63) is 182 Å². The van der Waals surface area contributed by atoms with Gasteiger partial charge in [-0.05, 0) is 70.4 Å². The fraction of sp³-hybridized carbons (Fsp3) is 0. The lowest BCUT2D eigenvalue weighted by molar-refractivity contribution is 1.17. The molecule has 0 N–H and O–H groups in total. The highest BCUT2D eigenvalue weighted by atomic mass is 32.1. The Bertz CT molecular complexity index is 2810. The highest BCUT2D eigenvalue weighted by Crippen LogP contribution is 2.46. The molecule has 0 saturated carbocycles. The minimum Gasteiger partial charge on any atom is -0.308 e. The molecule has 0 saturated heterocycles. The van der Waals surface area contributed by atoms with Gasteiger partial charge in [0.25, 0.3) is 0 Å². The van der Waals surface area contributed by atoms with Crippen molar-refractivity contribution in [2.75, 3.05) is 4.90 Å². The van der Waals surface area contributed by atoms with Gasteiger partial charge in [-0.2, -0.15) is 0 Å². The van der Waals surface area contributed by atoms with Crippen LogP contribution in [0.5, 0.6) is 0 Å². The molecule has 0 unspecified atom stereocenters. The SMILES string of the molecule is c1ccc(-c2ccc(N(c3ccc4c(c3)sc3c5ccccc5ccc43)c3cccc4c5ccccc5n(-c5ccccc5)c34)cc2)cc1. The Morgan fingerprint density at radius 2 is 1.08 bits per heavy atom. The van der Waals surface area contributed by atoms with Gasteiger partial charge in [-0.3, -0.25) is 0 Å². The second-order valence-electron chi connectivity index (χ2n) is 12.6. The van der Waals surface area contributed by atoms with Crippen LogP contribution in [0.1, 0.15) is 0 Å². The van der Waals surface area contributed by atoms with Crippen molar-refractivity contribution in [2.24, 2.45) is 0 Å². The topological polar surface area (TPSA) is 8.17 Å². The maximum atomic E-state index is 2.44. The Labute approximate surface area is 288 Å². The van der Waals surface area contributed by atoms with Crippen molar-refractivity contribution in [1.82, 2.24) is 4.57 Å². The fourth-order valence-electron chi connectivity index (χ4n) is 7.52. The van der Waals surface area contributed by atoms with Crippen LogP contribution in [0.4, 0.5) is 17.1 Å². The molecule has 0 spiro atoms. The molecule has 0 aliphatic rings. The predicted molar refractivity (Wildman–Crippen MR) is 211 cm³/mol. The number of benzene rings is 8. The molecule has 49 heavy (non-hydrogen) atoms. The third-order valence-corrected chi connectivity index (χ3v) is 11.0. The van der Waals surface area contributed by atoms with Crippen LogP contribution in [0.2, 0.25) is 0 Å². The first-order chi connectivity index (χ1) is 24.3. The Balaban J connectivity index is 1.25. The lowest BCUT2D eigenvalue weighted by atomic mass is 10.0. The monoisotopic (exact) mass is 642 g/mol. The van der Waals surface area contributed by atoms with Crippen LogP contribution in [-0.2, 0) is 0 Å². The molecule has 10 rings (SSSR count). The van der Waals surface area contributed by atoms with Crippen LogP contribution in [-0.4, -0.2) is 4.57 Å². The number of aromatic nitrogens is 1. The van der Waals surface area contributed by atoms with Gasteiger partial charge in [0, 0.05) is 48.0 Å². The highest BCUT2D eigenvalue weighted by molar-refractivity contribution is 7.26. The van der Waals surface area contributed by atoms with E-state index in [1.807, 2.05) is 11.3 Å². The van der Waals surface area contributed by atoms with Gasteiger partial charge in [-0.1, -0.05) is 133 Å². The second-order valence-corrected chi connectivity index (χ2v) is 13.6. The van der Waals surface area contributed by atoms with Crippen LogP contribution in [0.3, 0.4) is 0 Å². The van der Waals surface area contributed by atoms with Gasteiger partial charge in [0.2, 0.25) is 0 Å². The first-order valence-electron chi connectivity index (χ1n) is 16.7. The number of para-hydroxylation sites is 3. The summed E-state index contributed by atoms with van der Waals surface area (Å²) in [6.07, 6.45) is 0. The largest absolute Gasteiger partial charge is 0.308 e. The lowest BCUT2D eigenvalue weighted by Crippen LogP contribution is -2.11. The molecule has 2 aromatic heterocycles. The zero-order valence-corrected chi connectivity index (χ0v) is 27.4. The van der Waals surface area contributed by atoms with Gasteiger partial charge in [-0.15, -0.1) is 11.3 Å². The molecule has 2 heterocycles. The molecule has 0 fully saturated rings. The molecule has 0 radical (unpaired) electrons. The van der Waals surface area contributed by atoms with Crippen LogP contribution in [0, 0.1) is 0 Å².